The highest BCUT2D eigenvalue weighted by Crippen LogP contribution is 2.28. The van der Waals surface area contributed by atoms with Crippen LogP contribution < -0.4 is 5.32 Å². The molecular weight excluding hydrogens is 250 g/mol. The highest BCUT2D eigenvalue weighted by molar-refractivity contribution is 5.57. The third-order valence-corrected chi connectivity index (χ3v) is 3.80. The van der Waals surface area contributed by atoms with Gasteiger partial charge in [-0.15, -0.1) is 0 Å². The topological polar surface area (TPSA) is 55.6 Å². The Kier molecular flexibility index (Phi) is 3.67. The molecule has 0 aliphatic heterocycles. The first-order valence-corrected chi connectivity index (χ1v) is 7.43. The summed E-state index contributed by atoms with van der Waals surface area (Å²) in [6.45, 7) is 3.05. The molecule has 106 valence electrons. The summed E-state index contributed by atoms with van der Waals surface area (Å²) >= 11 is 0. The fourth-order valence-corrected chi connectivity index (χ4v) is 2.83. The van der Waals surface area contributed by atoms with Gasteiger partial charge >= 0.3 is 0 Å². The number of anilines is 1. The van der Waals surface area contributed by atoms with Crippen molar-refractivity contribution in [3.8, 4) is 11.5 Å². The van der Waals surface area contributed by atoms with Crippen LogP contribution in [0.25, 0.3) is 11.5 Å². The molecule has 5 nitrogen and oxygen atoms in total. The standard InChI is InChI=1S/C15H21N5/c1-3-10-20-13(8-9-17-20)15-18-12-7-5-4-6-11(12)14(16-2)19-15/h8-9H,3-7,10H2,1-2H3,(H,16,18,19). The van der Waals surface area contributed by atoms with Crippen LogP contribution in [0.2, 0.25) is 0 Å². The van der Waals surface area contributed by atoms with E-state index in [-0.39, 0.29) is 0 Å². The second kappa shape index (κ2) is 5.61. The molecule has 0 radical (unpaired) electrons. The summed E-state index contributed by atoms with van der Waals surface area (Å²) < 4.78 is 1.99. The summed E-state index contributed by atoms with van der Waals surface area (Å²) in [5.41, 5.74) is 3.51. The molecule has 0 saturated heterocycles. The third-order valence-electron chi connectivity index (χ3n) is 3.80. The molecule has 2 heterocycles. The van der Waals surface area contributed by atoms with E-state index in [1.54, 1.807) is 0 Å². The van der Waals surface area contributed by atoms with E-state index in [1.165, 1.54) is 24.1 Å². The zero-order chi connectivity index (χ0) is 13.9. The lowest BCUT2D eigenvalue weighted by molar-refractivity contribution is 0.605. The lowest BCUT2D eigenvalue weighted by Gasteiger charge is -2.19. The van der Waals surface area contributed by atoms with Gasteiger partial charge in [0.1, 0.15) is 11.5 Å². The smallest absolute Gasteiger partial charge is 0.180 e. The van der Waals surface area contributed by atoms with Gasteiger partial charge in [0.15, 0.2) is 5.82 Å². The zero-order valence-corrected chi connectivity index (χ0v) is 12.2. The van der Waals surface area contributed by atoms with Crippen LogP contribution in [0.15, 0.2) is 12.3 Å². The average Bonchev–Trinajstić information content (AvgIpc) is 2.95. The molecule has 0 fully saturated rings. The van der Waals surface area contributed by atoms with Crippen molar-refractivity contribution in [3.63, 3.8) is 0 Å². The Labute approximate surface area is 119 Å². The average molecular weight is 271 g/mol. The summed E-state index contributed by atoms with van der Waals surface area (Å²) in [5, 5.41) is 7.59. The van der Waals surface area contributed by atoms with Crippen molar-refractivity contribution in [2.75, 3.05) is 12.4 Å². The van der Waals surface area contributed by atoms with Crippen molar-refractivity contribution in [1.29, 1.82) is 0 Å². The number of fused-ring (bicyclic) bond motifs is 1. The Morgan fingerprint density at radius 3 is 2.90 bits per heavy atom. The van der Waals surface area contributed by atoms with Gasteiger partial charge < -0.3 is 5.32 Å². The lowest BCUT2D eigenvalue weighted by Crippen LogP contribution is -2.13. The number of rotatable bonds is 4. The van der Waals surface area contributed by atoms with Crippen LogP contribution in [-0.2, 0) is 19.4 Å². The first-order valence-electron chi connectivity index (χ1n) is 7.43. The van der Waals surface area contributed by atoms with E-state index in [1.807, 2.05) is 24.0 Å². The fourth-order valence-electron chi connectivity index (χ4n) is 2.83. The molecule has 1 aliphatic carbocycles. The predicted molar refractivity (Wildman–Crippen MR) is 79.7 cm³/mol. The molecule has 3 rings (SSSR count). The Hall–Kier alpha value is -1.91. The van der Waals surface area contributed by atoms with Crippen LogP contribution in [-0.4, -0.2) is 26.8 Å². The molecule has 5 heteroatoms. The molecule has 20 heavy (non-hydrogen) atoms. The van der Waals surface area contributed by atoms with Crippen molar-refractivity contribution >= 4 is 5.82 Å². The van der Waals surface area contributed by atoms with Crippen molar-refractivity contribution < 1.29 is 0 Å². The van der Waals surface area contributed by atoms with Gasteiger partial charge in [0.05, 0.1) is 0 Å². The molecular formula is C15H21N5. The maximum absolute atomic E-state index is 4.80. The van der Waals surface area contributed by atoms with E-state index in [2.05, 4.69) is 17.3 Å². The molecule has 0 saturated carbocycles. The predicted octanol–water partition coefficient (Wildman–Crippen LogP) is 2.67. The number of hydrogen-bond donors (Lipinski definition) is 1. The maximum atomic E-state index is 4.80. The number of aromatic nitrogens is 4. The SMILES string of the molecule is CCCn1nccc1-c1nc2c(c(NC)n1)CCCC2. The monoisotopic (exact) mass is 271 g/mol. The van der Waals surface area contributed by atoms with Crippen LogP contribution >= 0.6 is 0 Å². The number of nitrogens with zero attached hydrogens (tertiary/aromatic N) is 4. The van der Waals surface area contributed by atoms with Crippen molar-refractivity contribution in [3.05, 3.63) is 23.5 Å². The van der Waals surface area contributed by atoms with Crippen LogP contribution in [0.5, 0.6) is 0 Å². The fraction of sp³-hybridized carbons (Fsp3) is 0.533. The second-order valence-electron chi connectivity index (χ2n) is 5.22. The quantitative estimate of drug-likeness (QED) is 0.929. The highest BCUT2D eigenvalue weighted by Gasteiger charge is 2.19. The second-order valence-corrected chi connectivity index (χ2v) is 5.22. The number of aryl methyl sites for hydroxylation is 2. The van der Waals surface area contributed by atoms with E-state index in [4.69, 9.17) is 9.97 Å². The van der Waals surface area contributed by atoms with Crippen LogP contribution in [0, 0.1) is 0 Å². The van der Waals surface area contributed by atoms with Gasteiger partial charge in [-0.25, -0.2) is 9.97 Å². The largest absolute Gasteiger partial charge is 0.373 e. The van der Waals surface area contributed by atoms with Crippen LogP contribution in [0.4, 0.5) is 5.82 Å². The van der Waals surface area contributed by atoms with E-state index in [0.29, 0.717) is 0 Å². The molecule has 0 spiro atoms. The van der Waals surface area contributed by atoms with Gasteiger partial charge in [-0.2, -0.15) is 5.10 Å². The van der Waals surface area contributed by atoms with Crippen LogP contribution in [0.3, 0.4) is 0 Å². The van der Waals surface area contributed by atoms with Crippen molar-refractivity contribution in [1.82, 2.24) is 19.7 Å². The molecule has 0 atom stereocenters. The van der Waals surface area contributed by atoms with E-state index in [0.717, 1.165) is 43.1 Å². The van der Waals surface area contributed by atoms with Gasteiger partial charge in [-0.05, 0) is 38.2 Å². The first-order chi connectivity index (χ1) is 9.83. The molecule has 0 amide bonds. The zero-order valence-electron chi connectivity index (χ0n) is 12.2. The minimum atomic E-state index is 0.793. The Morgan fingerprint density at radius 2 is 2.10 bits per heavy atom. The number of nitrogens with one attached hydrogen (secondary N) is 1. The Bertz CT molecular complexity index is 585. The molecule has 0 unspecified atom stereocenters. The van der Waals surface area contributed by atoms with Gasteiger partial charge in [0.2, 0.25) is 0 Å². The molecule has 2 aromatic rings. The molecule has 1 N–H and O–H groups in total. The molecule has 0 aromatic carbocycles. The van der Waals surface area contributed by atoms with E-state index in [9.17, 15) is 0 Å². The van der Waals surface area contributed by atoms with Gasteiger partial charge in [-0.1, -0.05) is 6.92 Å². The van der Waals surface area contributed by atoms with E-state index < -0.39 is 0 Å². The minimum absolute atomic E-state index is 0.793. The lowest BCUT2D eigenvalue weighted by atomic mass is 9.96. The van der Waals surface area contributed by atoms with Crippen molar-refractivity contribution in [2.45, 2.75) is 45.6 Å². The Balaban J connectivity index is 2.07. The molecule has 2 aromatic heterocycles. The molecule has 1 aliphatic rings. The van der Waals surface area contributed by atoms with Gasteiger partial charge in [0, 0.05) is 31.0 Å². The van der Waals surface area contributed by atoms with Crippen LogP contribution in [0.1, 0.15) is 37.4 Å². The summed E-state index contributed by atoms with van der Waals surface area (Å²) in [5.74, 6) is 1.77. The normalized spacial score (nSPS) is 14.1. The maximum Gasteiger partial charge on any atom is 0.180 e. The van der Waals surface area contributed by atoms with Gasteiger partial charge in [0.25, 0.3) is 0 Å². The summed E-state index contributed by atoms with van der Waals surface area (Å²) in [6.07, 6.45) is 7.48. The summed E-state index contributed by atoms with van der Waals surface area (Å²) in [6, 6.07) is 2.00. The third kappa shape index (κ3) is 2.28. The Morgan fingerprint density at radius 1 is 1.25 bits per heavy atom. The summed E-state index contributed by atoms with van der Waals surface area (Å²) in [4.78, 5) is 9.50. The minimum Gasteiger partial charge on any atom is -0.373 e. The summed E-state index contributed by atoms with van der Waals surface area (Å²) in [7, 11) is 1.93. The first kappa shape index (κ1) is 13.1. The molecule has 0 bridgehead atoms. The van der Waals surface area contributed by atoms with Gasteiger partial charge in [-0.3, -0.25) is 4.68 Å². The van der Waals surface area contributed by atoms with Crippen molar-refractivity contribution in [2.24, 2.45) is 0 Å². The van der Waals surface area contributed by atoms with E-state index >= 15 is 0 Å². The highest BCUT2D eigenvalue weighted by atomic mass is 15.3. The number of hydrogen-bond acceptors (Lipinski definition) is 4.